The molecule has 7 heteroatoms. The summed E-state index contributed by atoms with van der Waals surface area (Å²) in [6, 6.07) is 6.51. The first-order chi connectivity index (χ1) is 11.5. The van der Waals surface area contributed by atoms with Gasteiger partial charge in [-0.15, -0.1) is 0 Å². The zero-order valence-corrected chi connectivity index (χ0v) is 14.1. The lowest BCUT2D eigenvalue weighted by atomic mass is 9.94. The van der Waals surface area contributed by atoms with Crippen LogP contribution in [0, 0.1) is 18.7 Å². The number of nitrogens with one attached hydrogen (secondary N) is 2. The SMILES string of the molecule is Cc1nn(C)cc1C(=O)N(C)CC1CNNC1c1ccc(F)cc1. The van der Waals surface area contributed by atoms with Crippen LogP contribution in [-0.4, -0.2) is 40.7 Å². The van der Waals surface area contributed by atoms with Gasteiger partial charge in [0, 0.05) is 39.3 Å². The molecule has 6 nitrogen and oxygen atoms in total. The van der Waals surface area contributed by atoms with Gasteiger partial charge >= 0.3 is 0 Å². The van der Waals surface area contributed by atoms with Gasteiger partial charge in [-0.05, 0) is 24.6 Å². The van der Waals surface area contributed by atoms with Gasteiger partial charge in [0.15, 0.2) is 0 Å². The Kier molecular flexibility index (Phi) is 4.64. The van der Waals surface area contributed by atoms with Crippen molar-refractivity contribution in [3.8, 4) is 0 Å². The molecular weight excluding hydrogens is 309 g/mol. The summed E-state index contributed by atoms with van der Waals surface area (Å²) in [5.41, 5.74) is 8.71. The van der Waals surface area contributed by atoms with E-state index in [-0.39, 0.29) is 23.7 Å². The number of hydrogen-bond donors (Lipinski definition) is 2. The van der Waals surface area contributed by atoms with E-state index in [0.717, 1.165) is 17.8 Å². The molecule has 2 unspecified atom stereocenters. The lowest BCUT2D eigenvalue weighted by molar-refractivity contribution is 0.0770. The van der Waals surface area contributed by atoms with Crippen molar-refractivity contribution < 1.29 is 9.18 Å². The smallest absolute Gasteiger partial charge is 0.257 e. The highest BCUT2D eigenvalue weighted by molar-refractivity contribution is 5.94. The highest BCUT2D eigenvalue weighted by atomic mass is 19.1. The molecular formula is C17H22FN5O. The number of aromatic nitrogens is 2. The van der Waals surface area contributed by atoms with Gasteiger partial charge in [0.25, 0.3) is 5.91 Å². The molecule has 2 atom stereocenters. The first kappa shape index (κ1) is 16.6. The normalized spacial score (nSPS) is 20.3. The maximum absolute atomic E-state index is 13.1. The highest BCUT2D eigenvalue weighted by Gasteiger charge is 2.30. The van der Waals surface area contributed by atoms with Crippen molar-refractivity contribution in [2.75, 3.05) is 20.1 Å². The van der Waals surface area contributed by atoms with Gasteiger partial charge in [-0.1, -0.05) is 12.1 Å². The molecule has 0 saturated carbocycles. The zero-order chi connectivity index (χ0) is 17.3. The number of carbonyl (C=O) groups excluding carboxylic acids is 1. The number of amides is 1. The molecule has 24 heavy (non-hydrogen) atoms. The van der Waals surface area contributed by atoms with E-state index in [4.69, 9.17) is 0 Å². The van der Waals surface area contributed by atoms with E-state index in [1.165, 1.54) is 12.1 Å². The second-order valence-electron chi connectivity index (χ2n) is 6.30. The van der Waals surface area contributed by atoms with Crippen molar-refractivity contribution in [2.24, 2.45) is 13.0 Å². The van der Waals surface area contributed by atoms with Crippen LogP contribution >= 0.6 is 0 Å². The lowest BCUT2D eigenvalue weighted by Gasteiger charge is -2.25. The second-order valence-corrected chi connectivity index (χ2v) is 6.30. The molecule has 2 heterocycles. The molecule has 0 aliphatic carbocycles. The Morgan fingerprint density at radius 3 is 2.75 bits per heavy atom. The van der Waals surface area contributed by atoms with Gasteiger partial charge in [-0.25, -0.2) is 9.82 Å². The minimum atomic E-state index is -0.249. The fourth-order valence-electron chi connectivity index (χ4n) is 3.18. The van der Waals surface area contributed by atoms with E-state index in [1.807, 2.05) is 6.92 Å². The van der Waals surface area contributed by atoms with Crippen LogP contribution in [0.3, 0.4) is 0 Å². The minimum Gasteiger partial charge on any atom is -0.341 e. The Bertz CT molecular complexity index is 727. The minimum absolute atomic E-state index is 0.0367. The Hall–Kier alpha value is -2.25. The van der Waals surface area contributed by atoms with Crippen LogP contribution in [0.2, 0.25) is 0 Å². The van der Waals surface area contributed by atoms with Crippen molar-refractivity contribution in [1.29, 1.82) is 0 Å². The van der Waals surface area contributed by atoms with Gasteiger partial charge in [0.05, 0.1) is 17.3 Å². The van der Waals surface area contributed by atoms with Crippen LogP contribution in [0.1, 0.15) is 27.7 Å². The predicted octanol–water partition coefficient (Wildman–Crippen LogP) is 1.40. The number of carbonyl (C=O) groups is 1. The summed E-state index contributed by atoms with van der Waals surface area (Å²) < 4.78 is 14.8. The molecule has 1 aromatic heterocycles. The number of hydrazine groups is 1. The third kappa shape index (κ3) is 3.32. The summed E-state index contributed by atoms with van der Waals surface area (Å²) in [6.45, 7) is 3.17. The largest absolute Gasteiger partial charge is 0.341 e. The van der Waals surface area contributed by atoms with E-state index < -0.39 is 0 Å². The number of aryl methyl sites for hydroxylation is 2. The molecule has 128 valence electrons. The molecule has 1 aromatic carbocycles. The van der Waals surface area contributed by atoms with Gasteiger partial charge in [-0.3, -0.25) is 14.9 Å². The van der Waals surface area contributed by atoms with E-state index in [0.29, 0.717) is 12.1 Å². The van der Waals surface area contributed by atoms with Crippen LogP contribution in [0.25, 0.3) is 0 Å². The van der Waals surface area contributed by atoms with Gasteiger partial charge < -0.3 is 4.90 Å². The fraction of sp³-hybridized carbons (Fsp3) is 0.412. The van der Waals surface area contributed by atoms with E-state index in [1.54, 1.807) is 42.0 Å². The standard InChI is InChI=1S/C17H22FN5O/c1-11-15(10-23(3)21-11)17(24)22(2)9-13-8-19-20-16(13)12-4-6-14(18)7-5-12/h4-7,10,13,16,19-20H,8-9H2,1-3H3. The number of rotatable bonds is 4. The first-order valence-electron chi connectivity index (χ1n) is 7.95. The first-order valence-corrected chi connectivity index (χ1v) is 7.95. The van der Waals surface area contributed by atoms with Crippen molar-refractivity contribution in [2.45, 2.75) is 13.0 Å². The van der Waals surface area contributed by atoms with Gasteiger partial charge in [0.1, 0.15) is 5.82 Å². The lowest BCUT2D eigenvalue weighted by Crippen LogP contribution is -2.34. The molecule has 1 saturated heterocycles. The number of benzene rings is 1. The Morgan fingerprint density at radius 2 is 2.12 bits per heavy atom. The second kappa shape index (κ2) is 6.70. The van der Waals surface area contributed by atoms with Crippen molar-refractivity contribution in [3.63, 3.8) is 0 Å². The Labute approximate surface area is 140 Å². The van der Waals surface area contributed by atoms with Crippen molar-refractivity contribution in [3.05, 3.63) is 53.1 Å². The summed E-state index contributed by atoms with van der Waals surface area (Å²) in [4.78, 5) is 14.4. The predicted molar refractivity (Wildman–Crippen MR) is 88.7 cm³/mol. The van der Waals surface area contributed by atoms with E-state index in [9.17, 15) is 9.18 Å². The van der Waals surface area contributed by atoms with Crippen molar-refractivity contribution in [1.82, 2.24) is 25.5 Å². The molecule has 2 N–H and O–H groups in total. The van der Waals surface area contributed by atoms with E-state index in [2.05, 4.69) is 16.0 Å². The average molecular weight is 331 g/mol. The number of halogens is 1. The maximum atomic E-state index is 13.1. The Morgan fingerprint density at radius 1 is 1.42 bits per heavy atom. The Balaban J connectivity index is 1.71. The molecule has 0 radical (unpaired) electrons. The third-order valence-corrected chi connectivity index (χ3v) is 4.42. The number of nitrogens with zero attached hydrogens (tertiary/aromatic N) is 3. The molecule has 2 aromatic rings. The molecule has 0 spiro atoms. The maximum Gasteiger partial charge on any atom is 0.257 e. The van der Waals surface area contributed by atoms with Crippen molar-refractivity contribution >= 4 is 5.91 Å². The van der Waals surface area contributed by atoms with Gasteiger partial charge in [-0.2, -0.15) is 5.10 Å². The molecule has 3 rings (SSSR count). The average Bonchev–Trinajstić information content (AvgIpc) is 3.13. The zero-order valence-electron chi connectivity index (χ0n) is 14.1. The summed E-state index contributed by atoms with van der Waals surface area (Å²) in [5, 5.41) is 4.23. The number of hydrogen-bond acceptors (Lipinski definition) is 4. The van der Waals surface area contributed by atoms with Crippen LogP contribution < -0.4 is 10.9 Å². The van der Waals surface area contributed by atoms with Crippen LogP contribution in [0.5, 0.6) is 0 Å². The summed E-state index contributed by atoms with van der Waals surface area (Å²) in [7, 11) is 3.61. The molecule has 1 fully saturated rings. The summed E-state index contributed by atoms with van der Waals surface area (Å²) >= 11 is 0. The van der Waals surface area contributed by atoms with Crippen LogP contribution in [0.15, 0.2) is 30.5 Å². The highest BCUT2D eigenvalue weighted by Crippen LogP contribution is 2.26. The summed E-state index contributed by atoms with van der Waals surface area (Å²) in [6.07, 6.45) is 1.75. The topological polar surface area (TPSA) is 62.2 Å². The molecule has 1 aliphatic rings. The summed E-state index contributed by atoms with van der Waals surface area (Å²) in [5.74, 6) is -0.0904. The van der Waals surface area contributed by atoms with E-state index >= 15 is 0 Å². The van der Waals surface area contributed by atoms with Gasteiger partial charge in [0.2, 0.25) is 0 Å². The van der Waals surface area contributed by atoms with Crippen LogP contribution in [0.4, 0.5) is 4.39 Å². The fourth-order valence-corrected chi connectivity index (χ4v) is 3.18. The molecule has 1 aliphatic heterocycles. The van der Waals surface area contributed by atoms with Crippen LogP contribution in [-0.2, 0) is 7.05 Å². The monoisotopic (exact) mass is 331 g/mol. The quantitative estimate of drug-likeness (QED) is 0.889. The molecule has 1 amide bonds. The third-order valence-electron chi connectivity index (χ3n) is 4.42. The molecule has 0 bridgehead atoms.